The first-order valence-electron chi connectivity index (χ1n) is 8.62. The normalized spacial score (nSPS) is 11.8. The summed E-state index contributed by atoms with van der Waals surface area (Å²) in [6.07, 6.45) is 2.16. The lowest BCUT2D eigenvalue weighted by Crippen LogP contribution is -2.36. The van der Waals surface area contributed by atoms with Gasteiger partial charge in [0.25, 0.3) is 0 Å². The number of benzene rings is 1. The van der Waals surface area contributed by atoms with E-state index in [-0.39, 0.29) is 0 Å². The quantitative estimate of drug-likeness (QED) is 0.600. The fraction of sp³-hybridized carbons (Fsp3) is 0.474. The Kier molecular flexibility index (Phi) is 6.85. The second-order valence-corrected chi connectivity index (χ2v) is 5.94. The maximum absolute atomic E-state index is 5.43. The molecule has 1 aromatic heterocycles. The van der Waals surface area contributed by atoms with Crippen LogP contribution in [0.4, 0.5) is 0 Å². The monoisotopic (exact) mass is 328 g/mol. The van der Waals surface area contributed by atoms with Crippen molar-refractivity contribution in [3.63, 3.8) is 0 Å². The molecule has 0 aliphatic rings. The molecule has 0 aliphatic carbocycles. The van der Waals surface area contributed by atoms with Crippen LogP contribution in [0.5, 0.6) is 0 Å². The van der Waals surface area contributed by atoms with Crippen LogP contribution in [0.3, 0.4) is 0 Å². The average Bonchev–Trinajstić information content (AvgIpc) is 3.06. The lowest BCUT2D eigenvalue weighted by Gasteiger charge is -2.12. The van der Waals surface area contributed by atoms with E-state index in [0.717, 1.165) is 36.8 Å². The number of hydrogen-bond acceptors (Lipinski definition) is 3. The number of nitrogens with one attached hydrogen (secondary N) is 2. The van der Waals surface area contributed by atoms with Gasteiger partial charge in [0.05, 0.1) is 12.2 Å². The van der Waals surface area contributed by atoms with E-state index in [1.54, 1.807) is 7.05 Å². The number of hydrogen-bond donors (Lipinski definition) is 2. The van der Waals surface area contributed by atoms with Crippen LogP contribution in [0.25, 0.3) is 0 Å². The van der Waals surface area contributed by atoms with Gasteiger partial charge in [-0.25, -0.2) is 0 Å². The summed E-state index contributed by atoms with van der Waals surface area (Å²) < 4.78 is 5.43. The van der Waals surface area contributed by atoms with Crippen molar-refractivity contribution in [3.8, 4) is 0 Å². The van der Waals surface area contributed by atoms with Crippen molar-refractivity contribution in [2.45, 2.75) is 52.6 Å². The molecule has 0 atom stereocenters. The van der Waals surface area contributed by atoms with Crippen LogP contribution in [-0.2, 0) is 13.1 Å². The predicted octanol–water partition coefficient (Wildman–Crippen LogP) is 3.75. The van der Waals surface area contributed by atoms with Crippen molar-refractivity contribution in [1.29, 1.82) is 0 Å². The van der Waals surface area contributed by atoms with Gasteiger partial charge < -0.3 is 15.2 Å². The van der Waals surface area contributed by atoms with E-state index in [1.165, 1.54) is 11.1 Å². The van der Waals surface area contributed by atoms with Gasteiger partial charge in [-0.1, -0.05) is 43.3 Å². The number of rotatable bonds is 7. The summed E-state index contributed by atoms with van der Waals surface area (Å²) in [6, 6.07) is 10.4. The SMILES string of the molecule is CCC(CC)c1cc(CNC(=NC)NCc2ccccc2C)on1. The first-order chi connectivity index (χ1) is 11.7. The molecule has 1 aromatic carbocycles. The summed E-state index contributed by atoms with van der Waals surface area (Å²) in [5, 5.41) is 10.8. The number of aryl methyl sites for hydroxylation is 1. The highest BCUT2D eigenvalue weighted by Crippen LogP contribution is 2.22. The summed E-state index contributed by atoms with van der Waals surface area (Å²) in [4.78, 5) is 4.25. The minimum absolute atomic E-state index is 0.473. The smallest absolute Gasteiger partial charge is 0.191 e. The van der Waals surface area contributed by atoms with Gasteiger partial charge in [0.15, 0.2) is 11.7 Å². The molecule has 5 heteroatoms. The molecular formula is C19H28N4O. The molecular weight excluding hydrogens is 300 g/mol. The van der Waals surface area contributed by atoms with Crippen LogP contribution >= 0.6 is 0 Å². The summed E-state index contributed by atoms with van der Waals surface area (Å²) in [6.45, 7) is 7.78. The van der Waals surface area contributed by atoms with Gasteiger partial charge in [0.2, 0.25) is 0 Å². The fourth-order valence-corrected chi connectivity index (χ4v) is 2.69. The van der Waals surface area contributed by atoms with Gasteiger partial charge in [-0.3, -0.25) is 4.99 Å². The Morgan fingerprint density at radius 3 is 2.54 bits per heavy atom. The van der Waals surface area contributed by atoms with Crippen LogP contribution in [0, 0.1) is 6.92 Å². The van der Waals surface area contributed by atoms with Crippen molar-refractivity contribution < 1.29 is 4.52 Å². The van der Waals surface area contributed by atoms with Gasteiger partial charge in [0.1, 0.15) is 0 Å². The zero-order chi connectivity index (χ0) is 17.4. The van der Waals surface area contributed by atoms with Crippen molar-refractivity contribution in [2.24, 2.45) is 4.99 Å². The molecule has 24 heavy (non-hydrogen) atoms. The van der Waals surface area contributed by atoms with Gasteiger partial charge in [0, 0.05) is 25.6 Å². The van der Waals surface area contributed by atoms with E-state index in [9.17, 15) is 0 Å². The molecule has 0 saturated carbocycles. The van der Waals surface area contributed by atoms with E-state index in [1.807, 2.05) is 18.2 Å². The van der Waals surface area contributed by atoms with Crippen LogP contribution in [-0.4, -0.2) is 18.2 Å². The molecule has 0 saturated heterocycles. The van der Waals surface area contributed by atoms with E-state index in [0.29, 0.717) is 12.5 Å². The molecule has 0 unspecified atom stereocenters. The third-order valence-corrected chi connectivity index (χ3v) is 4.34. The first kappa shape index (κ1) is 18.0. The van der Waals surface area contributed by atoms with Crippen molar-refractivity contribution >= 4 is 5.96 Å². The second kappa shape index (κ2) is 9.11. The zero-order valence-corrected chi connectivity index (χ0v) is 15.1. The summed E-state index contributed by atoms with van der Waals surface area (Å²) in [5.41, 5.74) is 3.57. The minimum atomic E-state index is 0.473. The number of guanidine groups is 1. The highest BCUT2D eigenvalue weighted by molar-refractivity contribution is 5.79. The Morgan fingerprint density at radius 2 is 1.88 bits per heavy atom. The van der Waals surface area contributed by atoms with Gasteiger partial charge >= 0.3 is 0 Å². The molecule has 2 aromatic rings. The van der Waals surface area contributed by atoms with Crippen molar-refractivity contribution in [1.82, 2.24) is 15.8 Å². The minimum Gasteiger partial charge on any atom is -0.359 e. The van der Waals surface area contributed by atoms with Gasteiger partial charge in [-0.2, -0.15) is 0 Å². The number of aromatic nitrogens is 1. The molecule has 0 fully saturated rings. The molecule has 0 amide bonds. The summed E-state index contributed by atoms with van der Waals surface area (Å²) in [5.74, 6) is 2.05. The molecule has 2 rings (SSSR count). The van der Waals surface area contributed by atoms with Crippen LogP contribution in [0.1, 0.15) is 55.2 Å². The van der Waals surface area contributed by atoms with Crippen LogP contribution in [0.2, 0.25) is 0 Å². The van der Waals surface area contributed by atoms with E-state index < -0.39 is 0 Å². The summed E-state index contributed by atoms with van der Waals surface area (Å²) in [7, 11) is 1.77. The van der Waals surface area contributed by atoms with Crippen LogP contribution < -0.4 is 10.6 Å². The fourth-order valence-electron chi connectivity index (χ4n) is 2.69. The van der Waals surface area contributed by atoms with Gasteiger partial charge in [-0.15, -0.1) is 0 Å². The Balaban J connectivity index is 1.87. The molecule has 0 spiro atoms. The topological polar surface area (TPSA) is 62.5 Å². The standard InChI is InChI=1S/C19H28N4O/c1-5-15(6-2)18-11-17(24-23-18)13-22-19(20-4)21-12-16-10-8-7-9-14(16)3/h7-11,15H,5-6,12-13H2,1-4H3,(H2,20,21,22). The van der Waals surface area contributed by atoms with E-state index in [4.69, 9.17) is 4.52 Å². The van der Waals surface area contributed by atoms with Gasteiger partial charge in [-0.05, 0) is 30.9 Å². The summed E-state index contributed by atoms with van der Waals surface area (Å²) >= 11 is 0. The van der Waals surface area contributed by atoms with Crippen molar-refractivity contribution in [2.75, 3.05) is 7.05 Å². The van der Waals surface area contributed by atoms with Crippen molar-refractivity contribution in [3.05, 3.63) is 52.9 Å². The molecule has 0 radical (unpaired) electrons. The maximum Gasteiger partial charge on any atom is 0.191 e. The Morgan fingerprint density at radius 1 is 1.17 bits per heavy atom. The third kappa shape index (κ3) is 4.85. The molecule has 2 N–H and O–H groups in total. The lowest BCUT2D eigenvalue weighted by atomic mass is 9.99. The van der Waals surface area contributed by atoms with E-state index >= 15 is 0 Å². The maximum atomic E-state index is 5.43. The zero-order valence-electron chi connectivity index (χ0n) is 15.1. The van der Waals surface area contributed by atoms with E-state index in [2.05, 4.69) is 53.7 Å². The second-order valence-electron chi connectivity index (χ2n) is 5.94. The van der Waals surface area contributed by atoms with Crippen LogP contribution in [0.15, 0.2) is 39.8 Å². The number of nitrogens with zero attached hydrogens (tertiary/aromatic N) is 2. The third-order valence-electron chi connectivity index (χ3n) is 4.34. The Bertz CT molecular complexity index is 659. The molecule has 130 valence electrons. The predicted molar refractivity (Wildman–Crippen MR) is 98.0 cm³/mol. The Labute approximate surface area is 144 Å². The molecule has 5 nitrogen and oxygen atoms in total. The first-order valence-corrected chi connectivity index (χ1v) is 8.62. The largest absolute Gasteiger partial charge is 0.359 e. The average molecular weight is 328 g/mol. The molecule has 0 aliphatic heterocycles. The highest BCUT2D eigenvalue weighted by atomic mass is 16.5. The molecule has 0 bridgehead atoms. The lowest BCUT2D eigenvalue weighted by molar-refractivity contribution is 0.368. The number of aliphatic imine (C=N–C) groups is 1. The Hall–Kier alpha value is -2.30. The molecule has 1 heterocycles. The highest BCUT2D eigenvalue weighted by Gasteiger charge is 2.13.